The first-order valence-corrected chi connectivity index (χ1v) is 9.09. The third-order valence-electron chi connectivity index (χ3n) is 4.98. The van der Waals surface area contributed by atoms with Gasteiger partial charge >= 0.3 is 0 Å². The van der Waals surface area contributed by atoms with Crippen LogP contribution in [0, 0.1) is 6.92 Å². The van der Waals surface area contributed by atoms with Gasteiger partial charge in [-0.15, -0.1) is 0 Å². The van der Waals surface area contributed by atoms with Crippen LogP contribution in [0.1, 0.15) is 30.2 Å². The molecule has 0 spiro atoms. The molecule has 1 unspecified atom stereocenters. The molecule has 1 aromatic carbocycles. The quantitative estimate of drug-likeness (QED) is 0.841. The number of pyridine rings is 1. The van der Waals surface area contributed by atoms with Gasteiger partial charge in [0.05, 0.1) is 12.2 Å². The molecule has 3 rings (SSSR count). The lowest BCUT2D eigenvalue weighted by atomic mass is 10.0. The Morgan fingerprint density at radius 2 is 1.88 bits per heavy atom. The van der Waals surface area contributed by atoms with E-state index >= 15 is 0 Å². The highest BCUT2D eigenvalue weighted by atomic mass is 16.2. The van der Waals surface area contributed by atoms with Gasteiger partial charge in [0.1, 0.15) is 0 Å². The second-order valence-corrected chi connectivity index (χ2v) is 6.96. The Kier molecular flexibility index (Phi) is 5.82. The minimum absolute atomic E-state index is 0.232. The summed E-state index contributed by atoms with van der Waals surface area (Å²) in [6.45, 7) is 7.52. The summed E-state index contributed by atoms with van der Waals surface area (Å²) < 4.78 is 0. The third-order valence-corrected chi connectivity index (χ3v) is 4.98. The van der Waals surface area contributed by atoms with Gasteiger partial charge in [-0.25, -0.2) is 0 Å². The van der Waals surface area contributed by atoms with E-state index in [4.69, 9.17) is 0 Å². The van der Waals surface area contributed by atoms with Crippen molar-refractivity contribution in [2.45, 2.75) is 39.3 Å². The Labute approximate surface area is 150 Å². The Morgan fingerprint density at radius 1 is 1.08 bits per heavy atom. The first kappa shape index (κ1) is 17.6. The molecular formula is C21H27N3O. The molecular weight excluding hydrogens is 310 g/mol. The number of nitrogens with zero attached hydrogens (tertiary/aromatic N) is 3. The molecule has 1 amide bonds. The van der Waals surface area contributed by atoms with Crippen LogP contribution in [-0.4, -0.2) is 46.4 Å². The van der Waals surface area contributed by atoms with Crippen molar-refractivity contribution in [1.82, 2.24) is 14.8 Å². The molecule has 0 saturated carbocycles. The fourth-order valence-corrected chi connectivity index (χ4v) is 3.37. The molecule has 0 radical (unpaired) electrons. The second kappa shape index (κ2) is 8.26. The van der Waals surface area contributed by atoms with E-state index in [2.05, 4.69) is 48.0 Å². The van der Waals surface area contributed by atoms with Gasteiger partial charge in [0, 0.05) is 38.3 Å². The molecule has 2 aromatic rings. The lowest BCUT2D eigenvalue weighted by Gasteiger charge is -2.27. The maximum atomic E-state index is 12.5. The molecule has 1 aliphatic heterocycles. The van der Waals surface area contributed by atoms with Crippen molar-refractivity contribution < 1.29 is 4.79 Å². The summed E-state index contributed by atoms with van der Waals surface area (Å²) in [5, 5.41) is 0. The van der Waals surface area contributed by atoms with Crippen LogP contribution in [0.5, 0.6) is 0 Å². The largest absolute Gasteiger partial charge is 0.335 e. The lowest BCUT2D eigenvalue weighted by molar-refractivity contribution is -0.131. The van der Waals surface area contributed by atoms with Crippen molar-refractivity contribution in [3.05, 3.63) is 65.5 Å². The Morgan fingerprint density at radius 3 is 2.60 bits per heavy atom. The zero-order valence-electron chi connectivity index (χ0n) is 15.2. The second-order valence-electron chi connectivity index (χ2n) is 6.96. The van der Waals surface area contributed by atoms with Crippen LogP contribution in [0.2, 0.25) is 0 Å². The minimum atomic E-state index is 0.232. The highest BCUT2D eigenvalue weighted by molar-refractivity contribution is 5.76. The predicted molar refractivity (Wildman–Crippen MR) is 100 cm³/mol. The zero-order valence-corrected chi connectivity index (χ0v) is 15.2. The molecule has 0 bridgehead atoms. The zero-order chi connectivity index (χ0) is 17.6. The number of carbonyl (C=O) groups excluding carboxylic acids is 1. The van der Waals surface area contributed by atoms with Crippen LogP contribution >= 0.6 is 0 Å². The van der Waals surface area contributed by atoms with Gasteiger partial charge in [0.2, 0.25) is 5.91 Å². The van der Waals surface area contributed by atoms with Gasteiger partial charge in [0.15, 0.2) is 0 Å². The number of aryl methyl sites for hydroxylation is 1. The average molecular weight is 337 g/mol. The Hall–Kier alpha value is -2.20. The Balaban J connectivity index is 1.58. The Bertz CT molecular complexity index is 684. The molecule has 1 aromatic heterocycles. The summed E-state index contributed by atoms with van der Waals surface area (Å²) in [7, 11) is 0. The van der Waals surface area contributed by atoms with Crippen LogP contribution in [0.4, 0.5) is 0 Å². The molecule has 4 heteroatoms. The van der Waals surface area contributed by atoms with E-state index in [1.165, 1.54) is 11.1 Å². The molecule has 4 nitrogen and oxygen atoms in total. The van der Waals surface area contributed by atoms with E-state index in [9.17, 15) is 4.79 Å². The molecule has 1 saturated heterocycles. The minimum Gasteiger partial charge on any atom is -0.335 e. The molecule has 1 fully saturated rings. The van der Waals surface area contributed by atoms with Gasteiger partial charge < -0.3 is 4.90 Å². The third kappa shape index (κ3) is 4.89. The van der Waals surface area contributed by atoms with Crippen molar-refractivity contribution in [1.29, 1.82) is 0 Å². The van der Waals surface area contributed by atoms with Crippen molar-refractivity contribution >= 4 is 5.91 Å². The first-order chi connectivity index (χ1) is 12.1. The first-order valence-electron chi connectivity index (χ1n) is 9.09. The van der Waals surface area contributed by atoms with Crippen LogP contribution in [0.15, 0.2) is 48.7 Å². The number of hydrogen-bond acceptors (Lipinski definition) is 3. The standard InChI is InChI=1S/C21H27N3O/c1-17-6-8-19(9-7-17)15-18(2)23-12-10-21(25)24(14-13-23)16-20-5-3-4-11-22-20/h3-9,11,18H,10,12-16H2,1-2H3. The van der Waals surface area contributed by atoms with E-state index in [-0.39, 0.29) is 5.91 Å². The SMILES string of the molecule is Cc1ccc(CC(C)N2CCC(=O)N(Cc3ccccn3)CC2)cc1. The van der Waals surface area contributed by atoms with Crippen molar-refractivity contribution in [3.8, 4) is 0 Å². The van der Waals surface area contributed by atoms with Crippen molar-refractivity contribution in [2.24, 2.45) is 0 Å². The van der Waals surface area contributed by atoms with E-state index in [1.807, 2.05) is 23.1 Å². The van der Waals surface area contributed by atoms with Gasteiger partial charge in [-0.2, -0.15) is 0 Å². The summed E-state index contributed by atoms with van der Waals surface area (Å²) in [6, 6.07) is 15.1. The maximum absolute atomic E-state index is 12.5. The number of aromatic nitrogens is 1. The maximum Gasteiger partial charge on any atom is 0.224 e. The van der Waals surface area contributed by atoms with E-state index in [0.717, 1.165) is 31.7 Å². The smallest absolute Gasteiger partial charge is 0.224 e. The fourth-order valence-electron chi connectivity index (χ4n) is 3.37. The van der Waals surface area contributed by atoms with Crippen molar-refractivity contribution in [2.75, 3.05) is 19.6 Å². The number of hydrogen-bond donors (Lipinski definition) is 0. The van der Waals surface area contributed by atoms with E-state index < -0.39 is 0 Å². The molecule has 132 valence electrons. The molecule has 1 atom stereocenters. The van der Waals surface area contributed by atoms with E-state index in [0.29, 0.717) is 19.0 Å². The number of benzene rings is 1. The molecule has 1 aliphatic rings. The van der Waals surface area contributed by atoms with Gasteiger partial charge in [-0.1, -0.05) is 35.9 Å². The van der Waals surface area contributed by atoms with Crippen LogP contribution in [0.25, 0.3) is 0 Å². The summed E-state index contributed by atoms with van der Waals surface area (Å²) in [4.78, 5) is 21.2. The van der Waals surface area contributed by atoms with Gasteiger partial charge in [-0.05, 0) is 38.0 Å². The molecule has 25 heavy (non-hydrogen) atoms. The summed E-state index contributed by atoms with van der Waals surface area (Å²) >= 11 is 0. The molecule has 0 aliphatic carbocycles. The number of rotatable bonds is 5. The normalized spacial score (nSPS) is 17.4. The fraction of sp³-hybridized carbons (Fsp3) is 0.429. The number of carbonyl (C=O) groups is 1. The van der Waals surface area contributed by atoms with Crippen LogP contribution in [0.3, 0.4) is 0 Å². The topological polar surface area (TPSA) is 36.4 Å². The van der Waals surface area contributed by atoms with Gasteiger partial charge in [-0.3, -0.25) is 14.7 Å². The average Bonchev–Trinajstić information content (AvgIpc) is 2.80. The van der Waals surface area contributed by atoms with E-state index in [1.54, 1.807) is 6.20 Å². The van der Waals surface area contributed by atoms with Gasteiger partial charge in [0.25, 0.3) is 0 Å². The summed E-state index contributed by atoms with van der Waals surface area (Å²) in [6.07, 6.45) is 3.40. The highest BCUT2D eigenvalue weighted by Crippen LogP contribution is 2.14. The monoisotopic (exact) mass is 337 g/mol. The lowest BCUT2D eigenvalue weighted by Crippen LogP contribution is -2.38. The summed E-state index contributed by atoms with van der Waals surface area (Å²) in [5.41, 5.74) is 3.61. The van der Waals surface area contributed by atoms with Crippen LogP contribution in [-0.2, 0) is 17.8 Å². The molecule has 0 N–H and O–H groups in total. The number of amides is 1. The molecule has 2 heterocycles. The predicted octanol–water partition coefficient (Wildman–Crippen LogP) is 3.06. The van der Waals surface area contributed by atoms with Crippen LogP contribution < -0.4 is 0 Å². The summed E-state index contributed by atoms with van der Waals surface area (Å²) in [5.74, 6) is 0.232. The highest BCUT2D eigenvalue weighted by Gasteiger charge is 2.24. The van der Waals surface area contributed by atoms with Crippen molar-refractivity contribution in [3.63, 3.8) is 0 Å².